The molecule has 80 valence electrons. The third kappa shape index (κ3) is 1.42. The van der Waals surface area contributed by atoms with Gasteiger partial charge in [0, 0.05) is 6.20 Å². The molecule has 0 saturated heterocycles. The lowest BCUT2D eigenvalue weighted by atomic mass is 10.5. The molecule has 0 aliphatic carbocycles. The summed E-state index contributed by atoms with van der Waals surface area (Å²) < 4.78 is 5.02. The minimum Gasteiger partial charge on any atom is -0.366 e. The van der Waals surface area contributed by atoms with E-state index in [0.717, 1.165) is 4.88 Å². The average Bonchev–Trinajstić information content (AvgIpc) is 2.97. The van der Waals surface area contributed by atoms with E-state index in [4.69, 9.17) is 10.3 Å². The zero-order valence-corrected chi connectivity index (χ0v) is 8.60. The topological polar surface area (TPSA) is 119 Å². The van der Waals surface area contributed by atoms with Gasteiger partial charge in [0.05, 0.1) is 10.4 Å². The van der Waals surface area contributed by atoms with E-state index in [0.29, 0.717) is 11.6 Å². The van der Waals surface area contributed by atoms with Gasteiger partial charge in [-0.25, -0.2) is 0 Å². The number of nitrogens with two attached hydrogens (primary N) is 1. The van der Waals surface area contributed by atoms with Crippen molar-refractivity contribution in [3.8, 4) is 22.4 Å². The van der Waals surface area contributed by atoms with E-state index >= 15 is 0 Å². The molecule has 3 rings (SSSR count). The van der Waals surface area contributed by atoms with Crippen LogP contribution in [0, 0.1) is 0 Å². The van der Waals surface area contributed by atoms with Crippen LogP contribution in [0.15, 0.2) is 16.2 Å². The predicted molar refractivity (Wildman–Crippen MR) is 55.2 cm³/mol. The lowest BCUT2D eigenvalue weighted by molar-refractivity contribution is 0.430. The van der Waals surface area contributed by atoms with Crippen molar-refractivity contribution in [2.75, 3.05) is 5.73 Å². The normalized spacial score (nSPS) is 10.8. The highest BCUT2D eigenvalue weighted by Gasteiger charge is 2.14. The second-order valence-electron chi connectivity index (χ2n) is 2.83. The van der Waals surface area contributed by atoms with Gasteiger partial charge in [0.1, 0.15) is 0 Å². The summed E-state index contributed by atoms with van der Waals surface area (Å²) in [5.41, 5.74) is 7.06. The number of nitrogens with zero attached hydrogens (tertiary/aromatic N) is 5. The third-order valence-electron chi connectivity index (χ3n) is 1.78. The summed E-state index contributed by atoms with van der Waals surface area (Å²) in [5, 5.41) is 10.1. The number of aromatic nitrogens is 6. The van der Waals surface area contributed by atoms with Crippen LogP contribution < -0.4 is 5.73 Å². The van der Waals surface area contributed by atoms with Crippen molar-refractivity contribution in [3.63, 3.8) is 0 Å². The van der Waals surface area contributed by atoms with Crippen molar-refractivity contribution in [2.24, 2.45) is 0 Å². The van der Waals surface area contributed by atoms with Crippen molar-refractivity contribution in [2.45, 2.75) is 0 Å². The van der Waals surface area contributed by atoms with E-state index in [1.165, 1.54) is 11.3 Å². The maximum Gasteiger partial charge on any atom is 0.295 e. The highest BCUT2D eigenvalue weighted by Crippen LogP contribution is 2.22. The first-order valence-electron chi connectivity index (χ1n) is 4.24. The first-order chi connectivity index (χ1) is 7.83. The molecule has 0 fully saturated rings. The van der Waals surface area contributed by atoms with Gasteiger partial charge in [-0.2, -0.15) is 9.97 Å². The SMILES string of the molecule is Nc1n[nH]c(-c2nc(-c3cncs3)no2)n1. The molecule has 3 aromatic heterocycles. The van der Waals surface area contributed by atoms with Gasteiger partial charge < -0.3 is 10.3 Å². The van der Waals surface area contributed by atoms with E-state index in [9.17, 15) is 0 Å². The van der Waals surface area contributed by atoms with Gasteiger partial charge in [-0.3, -0.25) is 10.1 Å². The van der Waals surface area contributed by atoms with Gasteiger partial charge in [0.15, 0.2) is 0 Å². The Balaban J connectivity index is 2.00. The number of thiazole rings is 1. The second kappa shape index (κ2) is 3.38. The van der Waals surface area contributed by atoms with Crippen molar-refractivity contribution in [1.29, 1.82) is 0 Å². The lowest BCUT2D eigenvalue weighted by Crippen LogP contribution is -1.85. The zero-order valence-electron chi connectivity index (χ0n) is 7.78. The number of hydrogen-bond acceptors (Lipinski definition) is 8. The molecule has 3 heterocycles. The molecule has 0 bridgehead atoms. The van der Waals surface area contributed by atoms with Crippen LogP contribution in [0.2, 0.25) is 0 Å². The summed E-state index contributed by atoms with van der Waals surface area (Å²) in [6.45, 7) is 0. The molecular weight excluding hydrogens is 230 g/mol. The molecule has 0 amide bonds. The summed E-state index contributed by atoms with van der Waals surface area (Å²) in [5.74, 6) is 1.19. The Bertz CT molecular complexity index is 598. The Morgan fingerprint density at radius 2 is 2.31 bits per heavy atom. The Morgan fingerprint density at radius 3 is 3.00 bits per heavy atom. The van der Waals surface area contributed by atoms with Gasteiger partial charge in [0.2, 0.25) is 17.6 Å². The molecule has 9 heteroatoms. The van der Waals surface area contributed by atoms with Crippen molar-refractivity contribution in [1.82, 2.24) is 30.3 Å². The number of nitrogens with one attached hydrogen (secondary N) is 1. The highest BCUT2D eigenvalue weighted by atomic mass is 32.1. The lowest BCUT2D eigenvalue weighted by Gasteiger charge is -1.82. The fourth-order valence-electron chi connectivity index (χ4n) is 1.12. The molecule has 0 spiro atoms. The smallest absolute Gasteiger partial charge is 0.295 e. The van der Waals surface area contributed by atoms with Crippen LogP contribution >= 0.6 is 11.3 Å². The number of H-pyrrole nitrogens is 1. The first kappa shape index (κ1) is 8.97. The van der Waals surface area contributed by atoms with E-state index < -0.39 is 0 Å². The molecule has 0 unspecified atom stereocenters. The van der Waals surface area contributed by atoms with Crippen LogP contribution in [-0.4, -0.2) is 30.3 Å². The molecular formula is C7H5N7OS. The van der Waals surface area contributed by atoms with Crippen LogP contribution in [0.25, 0.3) is 22.4 Å². The monoisotopic (exact) mass is 235 g/mol. The molecule has 0 aliphatic heterocycles. The molecule has 0 atom stereocenters. The Morgan fingerprint density at radius 1 is 1.38 bits per heavy atom. The minimum absolute atomic E-state index is 0.132. The number of rotatable bonds is 2. The molecule has 16 heavy (non-hydrogen) atoms. The fourth-order valence-corrected chi connectivity index (χ4v) is 1.66. The first-order valence-corrected chi connectivity index (χ1v) is 5.12. The maximum atomic E-state index is 5.37. The van der Waals surface area contributed by atoms with Gasteiger partial charge in [-0.05, 0) is 0 Å². The Hall–Kier alpha value is -2.29. The van der Waals surface area contributed by atoms with E-state index in [1.807, 2.05) is 0 Å². The van der Waals surface area contributed by atoms with Crippen molar-refractivity contribution >= 4 is 17.3 Å². The van der Waals surface area contributed by atoms with Crippen LogP contribution in [0.4, 0.5) is 5.95 Å². The summed E-state index contributed by atoms with van der Waals surface area (Å²) >= 11 is 1.42. The predicted octanol–water partition coefficient (Wildman–Crippen LogP) is 0.560. The van der Waals surface area contributed by atoms with Gasteiger partial charge in [-0.15, -0.1) is 16.4 Å². The van der Waals surface area contributed by atoms with Crippen LogP contribution in [0.5, 0.6) is 0 Å². The van der Waals surface area contributed by atoms with Gasteiger partial charge in [0.25, 0.3) is 5.89 Å². The molecule has 0 aliphatic rings. The van der Waals surface area contributed by atoms with Gasteiger partial charge in [-0.1, -0.05) is 5.16 Å². The van der Waals surface area contributed by atoms with E-state index in [2.05, 4.69) is 30.3 Å². The molecule has 3 N–H and O–H groups in total. The van der Waals surface area contributed by atoms with E-state index in [1.54, 1.807) is 11.7 Å². The van der Waals surface area contributed by atoms with Crippen LogP contribution in [0.1, 0.15) is 0 Å². The third-order valence-corrected chi connectivity index (χ3v) is 2.55. The molecule has 0 radical (unpaired) electrons. The van der Waals surface area contributed by atoms with Crippen LogP contribution in [0.3, 0.4) is 0 Å². The summed E-state index contributed by atoms with van der Waals surface area (Å²) in [4.78, 5) is 12.8. The van der Waals surface area contributed by atoms with Crippen molar-refractivity contribution in [3.05, 3.63) is 11.7 Å². The Kier molecular flexibility index (Phi) is 1.90. The van der Waals surface area contributed by atoms with E-state index in [-0.39, 0.29) is 11.8 Å². The summed E-state index contributed by atoms with van der Waals surface area (Å²) in [6, 6.07) is 0. The fraction of sp³-hybridized carbons (Fsp3) is 0. The molecule has 0 saturated carbocycles. The Labute approximate surface area is 92.5 Å². The number of aromatic amines is 1. The number of nitrogen functional groups attached to an aromatic ring is 1. The summed E-state index contributed by atoms with van der Waals surface area (Å²) in [6.07, 6.45) is 1.66. The number of anilines is 1. The zero-order chi connectivity index (χ0) is 11.0. The molecule has 3 aromatic rings. The quantitative estimate of drug-likeness (QED) is 0.665. The number of hydrogen-bond donors (Lipinski definition) is 2. The largest absolute Gasteiger partial charge is 0.366 e. The highest BCUT2D eigenvalue weighted by molar-refractivity contribution is 7.13. The molecule has 8 nitrogen and oxygen atoms in total. The van der Waals surface area contributed by atoms with Crippen molar-refractivity contribution < 1.29 is 4.52 Å². The molecule has 0 aromatic carbocycles. The van der Waals surface area contributed by atoms with Gasteiger partial charge >= 0.3 is 0 Å². The minimum atomic E-state index is 0.132. The second-order valence-corrected chi connectivity index (χ2v) is 3.72. The van der Waals surface area contributed by atoms with Crippen LogP contribution in [-0.2, 0) is 0 Å². The average molecular weight is 235 g/mol. The standard InChI is InChI=1S/C7H5N7OS/c8-7-11-5(12-13-7)6-10-4(14-15-6)3-1-9-2-16-3/h1-2H,(H3,8,11,12,13). The maximum absolute atomic E-state index is 5.37. The summed E-state index contributed by atoms with van der Waals surface area (Å²) in [7, 11) is 0.